The van der Waals surface area contributed by atoms with Crippen LogP contribution in [0.5, 0.6) is 0 Å². The standard InChI is InChI=1S/C15H12ClNO3S/c16-12-5-7-13(8-6-12)21(19,20)17-9-11(10-18)14-3-1-2-4-15(14)17/h1-9,18H,10H2. The molecule has 0 fully saturated rings. The number of nitrogens with zero attached hydrogens (tertiary/aromatic N) is 1. The van der Waals surface area contributed by atoms with Crippen LogP contribution in [0.1, 0.15) is 5.56 Å². The van der Waals surface area contributed by atoms with Gasteiger partial charge in [-0.2, -0.15) is 0 Å². The van der Waals surface area contributed by atoms with Crippen molar-refractivity contribution in [2.45, 2.75) is 11.5 Å². The molecule has 0 spiro atoms. The molecule has 21 heavy (non-hydrogen) atoms. The van der Waals surface area contributed by atoms with E-state index < -0.39 is 10.0 Å². The van der Waals surface area contributed by atoms with Crippen LogP contribution in [0.2, 0.25) is 5.02 Å². The average Bonchev–Trinajstić information content (AvgIpc) is 2.87. The number of aliphatic hydroxyl groups is 1. The lowest BCUT2D eigenvalue weighted by Crippen LogP contribution is -2.11. The van der Waals surface area contributed by atoms with Crippen molar-refractivity contribution in [3.8, 4) is 0 Å². The second kappa shape index (κ2) is 5.18. The highest BCUT2D eigenvalue weighted by atomic mass is 35.5. The van der Waals surface area contributed by atoms with Crippen LogP contribution in [0.15, 0.2) is 59.6 Å². The molecule has 0 unspecified atom stereocenters. The Balaban J connectivity index is 2.26. The topological polar surface area (TPSA) is 59.3 Å². The van der Waals surface area contributed by atoms with Gasteiger partial charge in [0.1, 0.15) is 0 Å². The number of aromatic nitrogens is 1. The number of rotatable bonds is 3. The monoisotopic (exact) mass is 321 g/mol. The van der Waals surface area contributed by atoms with Crippen LogP contribution >= 0.6 is 11.6 Å². The lowest BCUT2D eigenvalue weighted by Gasteiger charge is -2.07. The summed E-state index contributed by atoms with van der Waals surface area (Å²) in [5.41, 5.74) is 1.11. The molecule has 0 aliphatic heterocycles. The summed E-state index contributed by atoms with van der Waals surface area (Å²) in [5.74, 6) is 0. The van der Waals surface area contributed by atoms with E-state index in [2.05, 4.69) is 0 Å². The summed E-state index contributed by atoms with van der Waals surface area (Å²) in [6.45, 7) is -0.219. The molecule has 6 heteroatoms. The zero-order valence-corrected chi connectivity index (χ0v) is 12.5. The van der Waals surface area contributed by atoms with Gasteiger partial charge in [0.2, 0.25) is 0 Å². The fourth-order valence-electron chi connectivity index (χ4n) is 2.26. The molecule has 0 atom stereocenters. The third-order valence-corrected chi connectivity index (χ3v) is 5.24. The average molecular weight is 322 g/mol. The minimum absolute atomic E-state index is 0.150. The first-order valence-corrected chi connectivity index (χ1v) is 8.07. The fraction of sp³-hybridized carbons (Fsp3) is 0.0667. The maximum Gasteiger partial charge on any atom is 0.268 e. The SMILES string of the molecule is O=S(=O)(c1ccc(Cl)cc1)n1cc(CO)c2ccccc21. The quantitative estimate of drug-likeness (QED) is 0.806. The molecule has 3 rings (SSSR count). The largest absolute Gasteiger partial charge is 0.392 e. The van der Waals surface area contributed by atoms with Gasteiger partial charge in [0.15, 0.2) is 0 Å². The molecule has 0 aliphatic rings. The van der Waals surface area contributed by atoms with Gasteiger partial charge in [-0.25, -0.2) is 12.4 Å². The van der Waals surface area contributed by atoms with Crippen molar-refractivity contribution in [3.63, 3.8) is 0 Å². The maximum atomic E-state index is 12.7. The fourth-order valence-corrected chi connectivity index (χ4v) is 3.78. The third kappa shape index (κ3) is 2.33. The second-order valence-electron chi connectivity index (χ2n) is 4.58. The Hall–Kier alpha value is -1.82. The molecule has 0 bridgehead atoms. The predicted molar refractivity (Wildman–Crippen MR) is 81.9 cm³/mol. The van der Waals surface area contributed by atoms with E-state index in [-0.39, 0.29) is 11.5 Å². The first kappa shape index (κ1) is 14.1. The third-order valence-electron chi connectivity index (χ3n) is 3.30. The van der Waals surface area contributed by atoms with E-state index in [0.29, 0.717) is 16.1 Å². The Morgan fingerprint density at radius 2 is 1.71 bits per heavy atom. The molecule has 1 aromatic heterocycles. The summed E-state index contributed by atoms with van der Waals surface area (Å²) < 4.78 is 26.6. The van der Waals surface area contributed by atoms with Crippen LogP contribution in [0, 0.1) is 0 Å². The summed E-state index contributed by atoms with van der Waals surface area (Å²) in [7, 11) is -3.72. The Morgan fingerprint density at radius 1 is 1.05 bits per heavy atom. The van der Waals surface area contributed by atoms with Crippen molar-refractivity contribution in [2.75, 3.05) is 0 Å². The van der Waals surface area contributed by atoms with Gasteiger partial charge in [-0.15, -0.1) is 0 Å². The number of halogens is 1. The first-order chi connectivity index (χ1) is 10.0. The van der Waals surface area contributed by atoms with Gasteiger partial charge in [0.25, 0.3) is 10.0 Å². The number of hydrogen-bond donors (Lipinski definition) is 1. The number of fused-ring (bicyclic) bond motifs is 1. The molecule has 2 aromatic carbocycles. The lowest BCUT2D eigenvalue weighted by molar-refractivity contribution is 0.283. The van der Waals surface area contributed by atoms with Gasteiger partial charge in [-0.3, -0.25) is 0 Å². The van der Waals surface area contributed by atoms with Crippen molar-refractivity contribution in [1.82, 2.24) is 3.97 Å². The van der Waals surface area contributed by atoms with Crippen LogP contribution < -0.4 is 0 Å². The lowest BCUT2D eigenvalue weighted by atomic mass is 10.2. The van der Waals surface area contributed by atoms with E-state index in [0.717, 1.165) is 5.39 Å². The van der Waals surface area contributed by atoms with E-state index in [1.54, 1.807) is 24.3 Å². The van der Waals surface area contributed by atoms with Crippen LogP contribution in [-0.2, 0) is 16.6 Å². The minimum atomic E-state index is -3.72. The Labute approximate surface area is 127 Å². The van der Waals surface area contributed by atoms with Gasteiger partial charge in [-0.1, -0.05) is 29.8 Å². The highest BCUT2D eigenvalue weighted by molar-refractivity contribution is 7.90. The Morgan fingerprint density at radius 3 is 2.38 bits per heavy atom. The van der Waals surface area contributed by atoms with Crippen LogP contribution in [0.3, 0.4) is 0 Å². The number of hydrogen-bond acceptors (Lipinski definition) is 3. The number of para-hydroxylation sites is 1. The Bertz CT molecular complexity index is 898. The van der Waals surface area contributed by atoms with Crippen LogP contribution in [0.25, 0.3) is 10.9 Å². The van der Waals surface area contributed by atoms with E-state index in [4.69, 9.17) is 11.6 Å². The first-order valence-electron chi connectivity index (χ1n) is 6.25. The molecular weight excluding hydrogens is 310 g/mol. The molecule has 1 heterocycles. The normalized spacial score (nSPS) is 11.9. The molecule has 0 saturated carbocycles. The second-order valence-corrected chi connectivity index (χ2v) is 6.84. The van der Waals surface area contributed by atoms with Crippen molar-refractivity contribution < 1.29 is 13.5 Å². The molecule has 1 N–H and O–H groups in total. The summed E-state index contributed by atoms with van der Waals surface area (Å²) in [4.78, 5) is 0.150. The van der Waals surface area contributed by atoms with E-state index >= 15 is 0 Å². The van der Waals surface area contributed by atoms with Crippen molar-refractivity contribution in [1.29, 1.82) is 0 Å². The van der Waals surface area contributed by atoms with Crippen molar-refractivity contribution >= 4 is 32.5 Å². The van der Waals surface area contributed by atoms with E-state index in [1.165, 1.54) is 34.4 Å². The highest BCUT2D eigenvalue weighted by Crippen LogP contribution is 2.26. The molecule has 4 nitrogen and oxygen atoms in total. The van der Waals surface area contributed by atoms with Gasteiger partial charge < -0.3 is 5.11 Å². The molecule has 0 radical (unpaired) electrons. The molecule has 108 valence electrons. The molecular formula is C15H12ClNO3S. The molecule has 0 amide bonds. The summed E-state index contributed by atoms with van der Waals surface area (Å²) in [6.07, 6.45) is 1.45. The van der Waals surface area contributed by atoms with Crippen molar-refractivity contribution in [2.24, 2.45) is 0 Å². The van der Waals surface area contributed by atoms with Gasteiger partial charge >= 0.3 is 0 Å². The van der Waals surface area contributed by atoms with Gasteiger partial charge in [0, 0.05) is 22.2 Å². The van der Waals surface area contributed by atoms with Crippen LogP contribution in [-0.4, -0.2) is 17.5 Å². The predicted octanol–water partition coefficient (Wildman–Crippen LogP) is 3.02. The van der Waals surface area contributed by atoms with Crippen LogP contribution in [0.4, 0.5) is 0 Å². The minimum Gasteiger partial charge on any atom is -0.392 e. The number of aliphatic hydroxyl groups excluding tert-OH is 1. The van der Waals surface area contributed by atoms with Gasteiger partial charge in [0.05, 0.1) is 17.0 Å². The summed E-state index contributed by atoms with van der Waals surface area (Å²) in [5, 5.41) is 10.6. The molecule has 3 aromatic rings. The van der Waals surface area contributed by atoms with Crippen molar-refractivity contribution in [3.05, 3.63) is 65.3 Å². The summed E-state index contributed by atoms with van der Waals surface area (Å²) in [6, 6.07) is 13.1. The van der Waals surface area contributed by atoms with E-state index in [9.17, 15) is 13.5 Å². The Kier molecular flexibility index (Phi) is 3.49. The van der Waals surface area contributed by atoms with Gasteiger partial charge in [-0.05, 0) is 30.3 Å². The zero-order valence-electron chi connectivity index (χ0n) is 10.9. The highest BCUT2D eigenvalue weighted by Gasteiger charge is 2.20. The molecule has 0 saturated heterocycles. The number of benzene rings is 2. The zero-order chi connectivity index (χ0) is 15.0. The summed E-state index contributed by atoms with van der Waals surface area (Å²) >= 11 is 5.79. The van der Waals surface area contributed by atoms with E-state index in [1.807, 2.05) is 0 Å². The molecule has 0 aliphatic carbocycles. The smallest absolute Gasteiger partial charge is 0.268 e. The maximum absolute atomic E-state index is 12.7.